The van der Waals surface area contributed by atoms with Crippen LogP contribution < -0.4 is 18.9 Å². The Morgan fingerprint density at radius 2 is 1.54 bits per heavy atom. The van der Waals surface area contributed by atoms with Crippen LogP contribution in [0, 0.1) is 0 Å². The van der Waals surface area contributed by atoms with Gasteiger partial charge in [-0.1, -0.05) is 12.1 Å². The van der Waals surface area contributed by atoms with Crippen molar-refractivity contribution >= 4 is 0 Å². The minimum atomic E-state index is -0.141. The first-order chi connectivity index (χ1) is 12.5. The molecule has 2 rings (SSSR count). The van der Waals surface area contributed by atoms with Crippen molar-refractivity contribution in [3.8, 4) is 28.7 Å². The fourth-order valence-electron chi connectivity index (χ4n) is 2.76. The Balaban J connectivity index is 2.22. The number of methoxy groups -OCH3 is 3. The predicted octanol–water partition coefficient (Wildman–Crippen LogP) is 4.16. The van der Waals surface area contributed by atoms with Crippen LogP contribution in [0.2, 0.25) is 0 Å². The zero-order valence-corrected chi connectivity index (χ0v) is 15.7. The van der Waals surface area contributed by atoms with E-state index in [0.717, 1.165) is 17.5 Å². The van der Waals surface area contributed by atoms with Crippen molar-refractivity contribution in [1.82, 2.24) is 0 Å². The van der Waals surface area contributed by atoms with Gasteiger partial charge >= 0.3 is 0 Å². The molecule has 0 saturated heterocycles. The minimum absolute atomic E-state index is 0.117. The Bertz CT molecular complexity index is 729. The van der Waals surface area contributed by atoms with Crippen molar-refractivity contribution in [2.75, 3.05) is 21.3 Å². The Labute approximate surface area is 154 Å². The van der Waals surface area contributed by atoms with Crippen LogP contribution in [0.15, 0.2) is 43.0 Å². The van der Waals surface area contributed by atoms with Gasteiger partial charge in [-0.3, -0.25) is 0 Å². The summed E-state index contributed by atoms with van der Waals surface area (Å²) in [6, 6.07) is 9.12. The molecule has 5 nitrogen and oxygen atoms in total. The highest BCUT2D eigenvalue weighted by Crippen LogP contribution is 2.39. The Morgan fingerprint density at radius 3 is 2.08 bits per heavy atom. The highest BCUT2D eigenvalue weighted by molar-refractivity contribution is 5.54. The topological polar surface area (TPSA) is 57.2 Å². The molecule has 2 aromatic carbocycles. The molecule has 0 spiro atoms. The van der Waals surface area contributed by atoms with E-state index in [2.05, 4.69) is 6.58 Å². The minimum Gasteiger partial charge on any atom is -0.504 e. The number of aromatic hydroxyl groups is 1. The van der Waals surface area contributed by atoms with Crippen molar-refractivity contribution in [1.29, 1.82) is 0 Å². The summed E-state index contributed by atoms with van der Waals surface area (Å²) >= 11 is 0. The molecule has 0 aliphatic rings. The van der Waals surface area contributed by atoms with E-state index in [1.165, 1.54) is 7.11 Å². The number of benzene rings is 2. The van der Waals surface area contributed by atoms with Gasteiger partial charge in [-0.15, -0.1) is 6.58 Å². The van der Waals surface area contributed by atoms with E-state index in [1.54, 1.807) is 26.4 Å². The standard InChI is InChI=1S/C21H26O5/c1-6-7-15-12-19(24-4)21(20(13-15)25-5)26-14(2)10-16-8-9-17(22)18(11-16)23-3/h6,8-9,11-14,22H,1,7,10H2,2-5H3. The fourth-order valence-corrected chi connectivity index (χ4v) is 2.76. The van der Waals surface area contributed by atoms with Crippen molar-refractivity contribution in [3.63, 3.8) is 0 Å². The smallest absolute Gasteiger partial charge is 0.203 e. The highest BCUT2D eigenvalue weighted by atomic mass is 16.5. The van der Waals surface area contributed by atoms with Crippen LogP contribution in [0.4, 0.5) is 0 Å². The summed E-state index contributed by atoms with van der Waals surface area (Å²) in [4.78, 5) is 0. The first kappa shape index (κ1) is 19.5. The lowest BCUT2D eigenvalue weighted by Crippen LogP contribution is -2.16. The number of ether oxygens (including phenoxy) is 4. The fraction of sp³-hybridized carbons (Fsp3) is 0.333. The number of phenols is 1. The van der Waals surface area contributed by atoms with E-state index in [1.807, 2.05) is 31.2 Å². The molecule has 0 heterocycles. The van der Waals surface area contributed by atoms with Crippen molar-refractivity contribution in [2.45, 2.75) is 25.9 Å². The molecule has 1 unspecified atom stereocenters. The molecule has 140 valence electrons. The van der Waals surface area contributed by atoms with E-state index >= 15 is 0 Å². The van der Waals surface area contributed by atoms with Gasteiger partial charge in [0, 0.05) is 6.42 Å². The summed E-state index contributed by atoms with van der Waals surface area (Å²) in [5, 5.41) is 9.71. The van der Waals surface area contributed by atoms with Crippen LogP contribution in [-0.2, 0) is 12.8 Å². The van der Waals surface area contributed by atoms with Gasteiger partial charge in [0.25, 0.3) is 0 Å². The summed E-state index contributed by atoms with van der Waals surface area (Å²) in [6.07, 6.45) is 3.04. The molecule has 1 atom stereocenters. The summed E-state index contributed by atoms with van der Waals surface area (Å²) in [7, 11) is 4.74. The molecule has 26 heavy (non-hydrogen) atoms. The molecule has 0 aromatic heterocycles. The predicted molar refractivity (Wildman–Crippen MR) is 102 cm³/mol. The largest absolute Gasteiger partial charge is 0.504 e. The van der Waals surface area contributed by atoms with Crippen LogP contribution in [0.25, 0.3) is 0 Å². The normalized spacial score (nSPS) is 11.5. The van der Waals surface area contributed by atoms with E-state index in [0.29, 0.717) is 29.4 Å². The third kappa shape index (κ3) is 4.63. The number of hydrogen-bond donors (Lipinski definition) is 1. The summed E-state index contributed by atoms with van der Waals surface area (Å²) in [5.41, 5.74) is 2.03. The molecule has 0 saturated carbocycles. The van der Waals surface area contributed by atoms with Gasteiger partial charge in [-0.05, 0) is 48.7 Å². The first-order valence-electron chi connectivity index (χ1n) is 8.40. The maximum atomic E-state index is 9.71. The Kier molecular flexibility index (Phi) is 6.78. The third-order valence-corrected chi connectivity index (χ3v) is 3.99. The van der Waals surface area contributed by atoms with Crippen LogP contribution in [0.1, 0.15) is 18.1 Å². The first-order valence-corrected chi connectivity index (χ1v) is 8.40. The molecule has 1 N–H and O–H groups in total. The second-order valence-electron chi connectivity index (χ2n) is 5.96. The maximum absolute atomic E-state index is 9.71. The van der Waals surface area contributed by atoms with Crippen LogP contribution in [0.5, 0.6) is 28.7 Å². The van der Waals surface area contributed by atoms with Gasteiger partial charge in [0.05, 0.1) is 21.3 Å². The molecule has 5 heteroatoms. The molecule has 0 fully saturated rings. The number of allylic oxidation sites excluding steroid dienone is 1. The Morgan fingerprint density at radius 1 is 0.962 bits per heavy atom. The molecular formula is C21H26O5. The average molecular weight is 358 g/mol. The molecule has 0 aliphatic carbocycles. The molecule has 0 bridgehead atoms. The lowest BCUT2D eigenvalue weighted by Gasteiger charge is -2.20. The second kappa shape index (κ2) is 9.04. The number of rotatable bonds is 9. The van der Waals surface area contributed by atoms with Gasteiger partial charge in [0.1, 0.15) is 6.10 Å². The van der Waals surface area contributed by atoms with Crippen LogP contribution in [-0.4, -0.2) is 32.5 Å². The van der Waals surface area contributed by atoms with Crippen molar-refractivity contribution in [3.05, 3.63) is 54.1 Å². The van der Waals surface area contributed by atoms with Gasteiger partial charge in [-0.2, -0.15) is 0 Å². The second-order valence-corrected chi connectivity index (χ2v) is 5.96. The van der Waals surface area contributed by atoms with Crippen molar-refractivity contribution in [2.24, 2.45) is 0 Å². The lowest BCUT2D eigenvalue weighted by atomic mass is 10.1. The van der Waals surface area contributed by atoms with Gasteiger partial charge in [0.15, 0.2) is 23.0 Å². The Hall–Kier alpha value is -2.82. The molecule has 0 aliphatic heterocycles. The number of phenolic OH excluding ortho intramolecular Hbond substituents is 1. The lowest BCUT2D eigenvalue weighted by molar-refractivity contribution is 0.201. The number of hydrogen-bond acceptors (Lipinski definition) is 5. The zero-order chi connectivity index (χ0) is 19.1. The van der Waals surface area contributed by atoms with E-state index in [-0.39, 0.29) is 11.9 Å². The molecule has 0 radical (unpaired) electrons. The molecular weight excluding hydrogens is 332 g/mol. The van der Waals surface area contributed by atoms with Gasteiger partial charge in [-0.25, -0.2) is 0 Å². The SMILES string of the molecule is C=CCc1cc(OC)c(OC(C)Cc2ccc(O)c(OC)c2)c(OC)c1. The van der Waals surface area contributed by atoms with E-state index in [4.69, 9.17) is 18.9 Å². The molecule has 2 aromatic rings. The highest BCUT2D eigenvalue weighted by Gasteiger charge is 2.17. The van der Waals surface area contributed by atoms with Gasteiger partial charge in [0.2, 0.25) is 5.75 Å². The molecule has 0 amide bonds. The third-order valence-electron chi connectivity index (χ3n) is 3.99. The summed E-state index contributed by atoms with van der Waals surface area (Å²) in [6.45, 7) is 5.73. The van der Waals surface area contributed by atoms with E-state index in [9.17, 15) is 5.11 Å². The van der Waals surface area contributed by atoms with E-state index < -0.39 is 0 Å². The maximum Gasteiger partial charge on any atom is 0.203 e. The van der Waals surface area contributed by atoms with Crippen LogP contribution in [0.3, 0.4) is 0 Å². The summed E-state index contributed by atoms with van der Waals surface area (Å²) in [5.74, 6) is 2.37. The monoisotopic (exact) mass is 358 g/mol. The quantitative estimate of drug-likeness (QED) is 0.682. The average Bonchev–Trinajstić information content (AvgIpc) is 2.64. The zero-order valence-electron chi connectivity index (χ0n) is 15.7. The van der Waals surface area contributed by atoms with Gasteiger partial charge < -0.3 is 24.1 Å². The van der Waals surface area contributed by atoms with Crippen molar-refractivity contribution < 1.29 is 24.1 Å². The van der Waals surface area contributed by atoms with Crippen LogP contribution >= 0.6 is 0 Å². The summed E-state index contributed by atoms with van der Waals surface area (Å²) < 4.78 is 22.2.